The van der Waals surface area contributed by atoms with Crippen molar-refractivity contribution in [2.24, 2.45) is 0 Å². The van der Waals surface area contributed by atoms with Gasteiger partial charge in [0.05, 0.1) is 0 Å². The minimum absolute atomic E-state index is 0.139. The van der Waals surface area contributed by atoms with E-state index in [-0.39, 0.29) is 6.10 Å². The molecule has 0 amide bonds. The third kappa shape index (κ3) is 2.49. The minimum atomic E-state index is 0.139. The van der Waals surface area contributed by atoms with E-state index in [1.165, 1.54) is 11.1 Å². The average molecular weight is 253 g/mol. The summed E-state index contributed by atoms with van der Waals surface area (Å²) in [4.78, 5) is 0. The van der Waals surface area contributed by atoms with Crippen LogP contribution < -0.4 is 10.1 Å². The summed E-state index contributed by atoms with van der Waals surface area (Å²) in [5.41, 5.74) is 2.52. The molecular weight excluding hydrogens is 234 g/mol. The van der Waals surface area contributed by atoms with Crippen LogP contribution in [-0.2, 0) is 0 Å². The van der Waals surface area contributed by atoms with Crippen LogP contribution in [0.5, 0.6) is 5.75 Å². The second-order valence-electron chi connectivity index (χ2n) is 4.90. The lowest BCUT2D eigenvalue weighted by atomic mass is 9.93. The highest BCUT2D eigenvalue weighted by Crippen LogP contribution is 2.40. The number of hydrogen-bond acceptors (Lipinski definition) is 2. The van der Waals surface area contributed by atoms with Gasteiger partial charge in [0, 0.05) is 18.0 Å². The van der Waals surface area contributed by atoms with Gasteiger partial charge in [-0.3, -0.25) is 0 Å². The molecule has 1 aliphatic heterocycles. The van der Waals surface area contributed by atoms with Crippen LogP contribution in [0.3, 0.4) is 0 Å². The molecule has 0 radical (unpaired) electrons. The quantitative estimate of drug-likeness (QED) is 0.896. The van der Waals surface area contributed by atoms with Crippen molar-refractivity contribution in [3.63, 3.8) is 0 Å². The van der Waals surface area contributed by atoms with Gasteiger partial charge in [-0.05, 0) is 18.2 Å². The molecule has 2 atom stereocenters. The van der Waals surface area contributed by atoms with Crippen LogP contribution in [0.1, 0.15) is 36.6 Å². The summed E-state index contributed by atoms with van der Waals surface area (Å²) in [6.07, 6.45) is 1.12. The molecule has 2 aromatic carbocycles. The fraction of sp³-hybridized carbons (Fsp3) is 0.294. The van der Waals surface area contributed by atoms with Crippen LogP contribution in [0, 0.1) is 0 Å². The van der Waals surface area contributed by atoms with E-state index in [1.807, 2.05) is 12.1 Å². The van der Waals surface area contributed by atoms with Crippen molar-refractivity contribution in [2.45, 2.75) is 25.5 Å². The van der Waals surface area contributed by atoms with Gasteiger partial charge in [-0.1, -0.05) is 55.5 Å². The van der Waals surface area contributed by atoms with Crippen LogP contribution in [-0.4, -0.2) is 6.54 Å². The first kappa shape index (κ1) is 12.2. The molecule has 1 aliphatic rings. The standard InChI is InChI=1S/C17H19NO/c1-2-18-15-12-17(13-8-4-3-5-9-13)19-16-11-7-6-10-14(15)16/h3-11,15,17-18H,2,12H2,1H3. The van der Waals surface area contributed by atoms with Gasteiger partial charge in [0.15, 0.2) is 0 Å². The third-order valence-corrected chi connectivity index (χ3v) is 3.64. The van der Waals surface area contributed by atoms with Crippen LogP contribution in [0.25, 0.3) is 0 Å². The van der Waals surface area contributed by atoms with Gasteiger partial charge in [0.25, 0.3) is 0 Å². The zero-order valence-electron chi connectivity index (χ0n) is 11.2. The topological polar surface area (TPSA) is 21.3 Å². The van der Waals surface area contributed by atoms with Crippen molar-refractivity contribution in [3.05, 3.63) is 65.7 Å². The monoisotopic (exact) mass is 253 g/mol. The number of rotatable bonds is 3. The van der Waals surface area contributed by atoms with Crippen molar-refractivity contribution in [3.8, 4) is 5.75 Å². The predicted molar refractivity (Wildman–Crippen MR) is 77.3 cm³/mol. The molecule has 0 aliphatic carbocycles. The maximum absolute atomic E-state index is 6.15. The number of ether oxygens (including phenoxy) is 1. The van der Waals surface area contributed by atoms with Crippen LogP contribution in [0.15, 0.2) is 54.6 Å². The number of hydrogen-bond donors (Lipinski definition) is 1. The van der Waals surface area contributed by atoms with Gasteiger partial charge in [-0.15, -0.1) is 0 Å². The fourth-order valence-corrected chi connectivity index (χ4v) is 2.73. The van der Waals surface area contributed by atoms with E-state index < -0.39 is 0 Å². The average Bonchev–Trinajstić information content (AvgIpc) is 2.48. The Hall–Kier alpha value is -1.80. The lowest BCUT2D eigenvalue weighted by Crippen LogP contribution is -2.28. The summed E-state index contributed by atoms with van der Waals surface area (Å²) in [5.74, 6) is 1.01. The fourth-order valence-electron chi connectivity index (χ4n) is 2.73. The highest BCUT2D eigenvalue weighted by atomic mass is 16.5. The molecule has 98 valence electrons. The van der Waals surface area contributed by atoms with Gasteiger partial charge < -0.3 is 10.1 Å². The molecule has 2 nitrogen and oxygen atoms in total. The van der Waals surface area contributed by atoms with E-state index in [2.05, 4.69) is 54.7 Å². The molecule has 2 heteroatoms. The normalized spacial score (nSPS) is 21.5. The molecule has 3 rings (SSSR count). The Balaban J connectivity index is 1.92. The van der Waals surface area contributed by atoms with Gasteiger partial charge in [0.2, 0.25) is 0 Å². The molecule has 1 N–H and O–H groups in total. The molecule has 1 heterocycles. The Bertz CT molecular complexity index is 538. The number of benzene rings is 2. The second-order valence-corrected chi connectivity index (χ2v) is 4.90. The van der Waals surface area contributed by atoms with Crippen LogP contribution >= 0.6 is 0 Å². The Morgan fingerprint density at radius 1 is 1.05 bits per heavy atom. The summed E-state index contributed by atoms with van der Waals surface area (Å²) in [5, 5.41) is 3.56. The number of nitrogens with one attached hydrogen (secondary N) is 1. The van der Waals surface area contributed by atoms with Crippen molar-refractivity contribution >= 4 is 0 Å². The van der Waals surface area contributed by atoms with Crippen molar-refractivity contribution in [1.29, 1.82) is 0 Å². The first-order valence-electron chi connectivity index (χ1n) is 6.92. The minimum Gasteiger partial charge on any atom is -0.485 e. The van der Waals surface area contributed by atoms with Gasteiger partial charge >= 0.3 is 0 Å². The molecule has 0 saturated heterocycles. The van der Waals surface area contributed by atoms with Gasteiger partial charge in [0.1, 0.15) is 11.9 Å². The molecule has 0 aromatic heterocycles. The second kappa shape index (κ2) is 5.45. The maximum Gasteiger partial charge on any atom is 0.126 e. The van der Waals surface area contributed by atoms with E-state index >= 15 is 0 Å². The Kier molecular flexibility index (Phi) is 3.51. The molecule has 0 fully saturated rings. The first-order valence-corrected chi connectivity index (χ1v) is 6.92. The lowest BCUT2D eigenvalue weighted by molar-refractivity contribution is 0.152. The molecule has 0 spiro atoms. The van der Waals surface area contributed by atoms with Crippen molar-refractivity contribution in [1.82, 2.24) is 5.32 Å². The molecule has 2 unspecified atom stereocenters. The largest absolute Gasteiger partial charge is 0.485 e. The predicted octanol–water partition coefficient (Wildman–Crippen LogP) is 3.86. The maximum atomic E-state index is 6.15. The third-order valence-electron chi connectivity index (χ3n) is 3.64. The molecular formula is C17H19NO. The summed E-state index contributed by atoms with van der Waals surface area (Å²) in [6.45, 7) is 3.12. The summed E-state index contributed by atoms with van der Waals surface area (Å²) >= 11 is 0. The van der Waals surface area contributed by atoms with Gasteiger partial charge in [-0.2, -0.15) is 0 Å². The van der Waals surface area contributed by atoms with E-state index in [0.29, 0.717) is 6.04 Å². The Morgan fingerprint density at radius 2 is 1.79 bits per heavy atom. The summed E-state index contributed by atoms with van der Waals surface area (Å²) in [6, 6.07) is 19.2. The van der Waals surface area contributed by atoms with Crippen molar-refractivity contribution < 1.29 is 4.74 Å². The SMILES string of the molecule is CCNC1CC(c2ccccc2)Oc2ccccc21. The highest BCUT2D eigenvalue weighted by Gasteiger charge is 2.28. The molecule has 0 saturated carbocycles. The smallest absolute Gasteiger partial charge is 0.126 e. The van der Waals surface area contributed by atoms with E-state index in [9.17, 15) is 0 Å². The zero-order valence-corrected chi connectivity index (χ0v) is 11.2. The Morgan fingerprint density at radius 3 is 2.58 bits per heavy atom. The van der Waals surface area contributed by atoms with E-state index in [1.54, 1.807) is 0 Å². The zero-order chi connectivity index (χ0) is 13.1. The van der Waals surface area contributed by atoms with Crippen molar-refractivity contribution in [2.75, 3.05) is 6.54 Å². The summed E-state index contributed by atoms with van der Waals surface area (Å²) < 4.78 is 6.15. The number of fused-ring (bicyclic) bond motifs is 1. The van der Waals surface area contributed by atoms with Gasteiger partial charge in [-0.25, -0.2) is 0 Å². The molecule has 19 heavy (non-hydrogen) atoms. The number of para-hydroxylation sites is 1. The summed E-state index contributed by atoms with van der Waals surface area (Å²) in [7, 11) is 0. The molecule has 0 bridgehead atoms. The molecule has 2 aromatic rings. The van der Waals surface area contributed by atoms with E-state index in [0.717, 1.165) is 18.7 Å². The lowest BCUT2D eigenvalue weighted by Gasteiger charge is -2.33. The first-order chi connectivity index (χ1) is 9.38. The Labute approximate surface area is 114 Å². The highest BCUT2D eigenvalue weighted by molar-refractivity contribution is 5.39. The van der Waals surface area contributed by atoms with E-state index in [4.69, 9.17) is 4.74 Å². The van der Waals surface area contributed by atoms with Crippen LogP contribution in [0.4, 0.5) is 0 Å². The van der Waals surface area contributed by atoms with Crippen LogP contribution in [0.2, 0.25) is 0 Å².